The van der Waals surface area contributed by atoms with Gasteiger partial charge in [0, 0.05) is 16.9 Å². The second-order valence-corrected chi connectivity index (χ2v) is 7.14. The van der Waals surface area contributed by atoms with Crippen LogP contribution in [-0.2, 0) is 17.6 Å². The van der Waals surface area contributed by atoms with E-state index >= 15 is 0 Å². The van der Waals surface area contributed by atoms with Crippen LogP contribution >= 0.6 is 11.3 Å². The zero-order valence-electron chi connectivity index (χ0n) is 15.5. The van der Waals surface area contributed by atoms with Gasteiger partial charge in [0.25, 0.3) is 5.91 Å². The van der Waals surface area contributed by atoms with E-state index in [1.165, 1.54) is 18.4 Å². The number of carbonyl (C=O) groups excluding carboxylic acids is 2. The lowest BCUT2D eigenvalue weighted by molar-refractivity contribution is 0.0602. The Morgan fingerprint density at radius 2 is 2.07 bits per heavy atom. The summed E-state index contributed by atoms with van der Waals surface area (Å²) in [5.74, 6) is 0.611. The maximum Gasteiger partial charge on any atom is 0.340 e. The molecular formula is C19H20N2O5S. The number of anilines is 1. The number of ether oxygens (including phenoxy) is 1. The molecule has 0 aliphatic carbocycles. The molecule has 0 aromatic carbocycles. The van der Waals surface area contributed by atoms with Crippen LogP contribution in [0.3, 0.4) is 0 Å². The Morgan fingerprint density at radius 1 is 1.30 bits per heavy atom. The molecule has 0 bridgehead atoms. The highest BCUT2D eigenvalue weighted by Crippen LogP contribution is 2.30. The van der Waals surface area contributed by atoms with Gasteiger partial charge in [0.2, 0.25) is 0 Å². The molecule has 1 N–H and O–H groups in total. The highest BCUT2D eigenvalue weighted by atomic mass is 32.1. The van der Waals surface area contributed by atoms with Crippen LogP contribution in [0.15, 0.2) is 27.1 Å². The van der Waals surface area contributed by atoms with E-state index in [2.05, 4.69) is 10.5 Å². The molecular weight excluding hydrogens is 368 g/mol. The van der Waals surface area contributed by atoms with Gasteiger partial charge in [0.05, 0.1) is 18.4 Å². The highest BCUT2D eigenvalue weighted by Gasteiger charge is 2.21. The normalized spacial score (nSPS) is 10.8. The molecule has 0 fully saturated rings. The van der Waals surface area contributed by atoms with Crippen LogP contribution in [0.25, 0.3) is 0 Å². The maximum absolute atomic E-state index is 12.5. The van der Waals surface area contributed by atoms with E-state index < -0.39 is 11.9 Å². The molecule has 1 amide bonds. The Kier molecular flexibility index (Phi) is 5.46. The van der Waals surface area contributed by atoms with E-state index in [1.54, 1.807) is 18.2 Å². The van der Waals surface area contributed by atoms with E-state index in [-0.39, 0.29) is 5.76 Å². The number of nitrogens with one attached hydrogen (secondary N) is 1. The van der Waals surface area contributed by atoms with E-state index in [4.69, 9.17) is 13.7 Å². The minimum atomic E-state index is -0.486. The lowest BCUT2D eigenvalue weighted by Gasteiger charge is -2.03. The summed E-state index contributed by atoms with van der Waals surface area (Å²) < 4.78 is 15.6. The number of aromatic nitrogens is 1. The first-order valence-corrected chi connectivity index (χ1v) is 9.27. The van der Waals surface area contributed by atoms with Crippen molar-refractivity contribution in [1.82, 2.24) is 5.16 Å². The third-order valence-electron chi connectivity index (χ3n) is 4.18. The standard InChI is InChI=1S/C19H20N2O5S/c1-5-13-9-15(19(23)24-4)18(27-13)20-17(22)16-7-6-12(25-16)8-14-10(2)21-26-11(14)3/h6-7,9H,5,8H2,1-4H3,(H,20,22). The molecule has 142 valence electrons. The summed E-state index contributed by atoms with van der Waals surface area (Å²) in [7, 11) is 1.31. The van der Waals surface area contributed by atoms with Gasteiger partial charge in [-0.1, -0.05) is 12.1 Å². The minimum Gasteiger partial charge on any atom is -0.465 e. The highest BCUT2D eigenvalue weighted by molar-refractivity contribution is 7.16. The lowest BCUT2D eigenvalue weighted by Crippen LogP contribution is -2.13. The largest absolute Gasteiger partial charge is 0.465 e. The monoisotopic (exact) mass is 388 g/mol. The van der Waals surface area contributed by atoms with Crippen molar-refractivity contribution >= 4 is 28.2 Å². The predicted molar refractivity (Wildman–Crippen MR) is 100 cm³/mol. The van der Waals surface area contributed by atoms with E-state index in [0.29, 0.717) is 22.7 Å². The number of hydrogen-bond donors (Lipinski definition) is 1. The average Bonchev–Trinajstić information content (AvgIpc) is 3.36. The van der Waals surface area contributed by atoms with Crippen LogP contribution in [0.5, 0.6) is 0 Å². The molecule has 0 saturated heterocycles. The van der Waals surface area contributed by atoms with Crippen molar-refractivity contribution in [2.75, 3.05) is 12.4 Å². The Balaban J connectivity index is 1.77. The topological polar surface area (TPSA) is 94.6 Å². The summed E-state index contributed by atoms with van der Waals surface area (Å²) in [5, 5.41) is 7.11. The fourth-order valence-electron chi connectivity index (χ4n) is 2.66. The van der Waals surface area contributed by atoms with Crippen LogP contribution in [-0.4, -0.2) is 24.1 Å². The number of carbonyl (C=O) groups is 2. The molecule has 3 aromatic rings. The van der Waals surface area contributed by atoms with Crippen LogP contribution in [0.1, 0.15) is 55.5 Å². The van der Waals surface area contributed by atoms with E-state index in [1.807, 2.05) is 20.8 Å². The van der Waals surface area contributed by atoms with Crippen molar-refractivity contribution in [2.45, 2.75) is 33.6 Å². The first-order chi connectivity index (χ1) is 12.9. The zero-order chi connectivity index (χ0) is 19.6. The molecule has 3 rings (SSSR count). The third-order valence-corrected chi connectivity index (χ3v) is 5.38. The number of amides is 1. The number of esters is 1. The van der Waals surface area contributed by atoms with Gasteiger partial charge in [0.1, 0.15) is 16.5 Å². The summed E-state index contributed by atoms with van der Waals surface area (Å²) in [6.45, 7) is 5.67. The van der Waals surface area contributed by atoms with E-state index in [9.17, 15) is 9.59 Å². The van der Waals surface area contributed by atoms with Crippen LogP contribution in [0, 0.1) is 13.8 Å². The summed E-state index contributed by atoms with van der Waals surface area (Å²) in [6.07, 6.45) is 1.24. The van der Waals surface area contributed by atoms with Crippen molar-refractivity contribution in [3.63, 3.8) is 0 Å². The average molecular weight is 388 g/mol. The fourth-order valence-corrected chi connectivity index (χ4v) is 3.64. The molecule has 0 radical (unpaired) electrons. The van der Waals surface area contributed by atoms with Crippen molar-refractivity contribution in [1.29, 1.82) is 0 Å². The molecule has 3 heterocycles. The summed E-state index contributed by atoms with van der Waals surface area (Å²) in [4.78, 5) is 25.4. The van der Waals surface area contributed by atoms with Crippen LogP contribution in [0.4, 0.5) is 5.00 Å². The fraction of sp³-hybridized carbons (Fsp3) is 0.316. The number of rotatable bonds is 6. The van der Waals surface area contributed by atoms with Gasteiger partial charge in [0.15, 0.2) is 5.76 Å². The molecule has 3 aromatic heterocycles. The second kappa shape index (κ2) is 7.79. The molecule has 8 heteroatoms. The van der Waals surface area contributed by atoms with E-state index in [0.717, 1.165) is 28.3 Å². The van der Waals surface area contributed by atoms with Crippen molar-refractivity contribution < 1.29 is 23.3 Å². The Morgan fingerprint density at radius 3 is 2.70 bits per heavy atom. The minimum absolute atomic E-state index is 0.166. The molecule has 0 atom stereocenters. The second-order valence-electron chi connectivity index (χ2n) is 6.00. The first kappa shape index (κ1) is 18.9. The van der Waals surface area contributed by atoms with Gasteiger partial charge in [-0.25, -0.2) is 4.79 Å². The van der Waals surface area contributed by atoms with Crippen molar-refractivity contribution in [3.05, 3.63) is 57.2 Å². The molecule has 7 nitrogen and oxygen atoms in total. The number of aryl methyl sites for hydroxylation is 3. The summed E-state index contributed by atoms with van der Waals surface area (Å²) in [6, 6.07) is 5.08. The molecule has 0 saturated carbocycles. The van der Waals surface area contributed by atoms with Crippen LogP contribution in [0.2, 0.25) is 0 Å². The lowest BCUT2D eigenvalue weighted by atomic mass is 10.1. The molecule has 0 aliphatic rings. The number of thiophene rings is 1. The van der Waals surface area contributed by atoms with Gasteiger partial charge in [-0.15, -0.1) is 11.3 Å². The zero-order valence-corrected chi connectivity index (χ0v) is 16.4. The van der Waals surface area contributed by atoms with Crippen molar-refractivity contribution in [2.24, 2.45) is 0 Å². The summed E-state index contributed by atoms with van der Waals surface area (Å²) in [5.41, 5.74) is 2.08. The Hall–Kier alpha value is -2.87. The Labute approximate surface area is 160 Å². The van der Waals surface area contributed by atoms with Gasteiger partial charge in [-0.2, -0.15) is 0 Å². The molecule has 0 spiro atoms. The summed E-state index contributed by atoms with van der Waals surface area (Å²) >= 11 is 1.35. The molecule has 0 unspecified atom stereocenters. The van der Waals surface area contributed by atoms with Crippen LogP contribution < -0.4 is 5.32 Å². The smallest absolute Gasteiger partial charge is 0.340 e. The SMILES string of the molecule is CCc1cc(C(=O)OC)c(NC(=O)c2ccc(Cc3c(C)noc3C)o2)s1. The van der Waals surface area contributed by atoms with Crippen molar-refractivity contribution in [3.8, 4) is 0 Å². The quantitative estimate of drug-likeness (QED) is 0.638. The van der Waals surface area contributed by atoms with Gasteiger partial charge < -0.3 is 19.0 Å². The third kappa shape index (κ3) is 3.95. The number of furan rings is 1. The molecule has 0 aliphatic heterocycles. The van der Waals surface area contributed by atoms with Gasteiger partial charge in [-0.05, 0) is 38.5 Å². The number of nitrogens with zero attached hydrogens (tertiary/aromatic N) is 1. The number of hydrogen-bond acceptors (Lipinski definition) is 7. The number of methoxy groups -OCH3 is 1. The molecule has 27 heavy (non-hydrogen) atoms. The Bertz CT molecular complexity index is 963. The predicted octanol–water partition coefficient (Wildman–Crippen LogP) is 4.14. The van der Waals surface area contributed by atoms with Gasteiger partial charge >= 0.3 is 5.97 Å². The van der Waals surface area contributed by atoms with Gasteiger partial charge in [-0.3, -0.25) is 4.79 Å². The maximum atomic E-state index is 12.5. The first-order valence-electron chi connectivity index (χ1n) is 8.45.